The van der Waals surface area contributed by atoms with Crippen LogP contribution in [-0.4, -0.2) is 8.42 Å². The zero-order chi connectivity index (χ0) is 14.9. The van der Waals surface area contributed by atoms with Crippen LogP contribution in [0.15, 0.2) is 45.8 Å². The van der Waals surface area contributed by atoms with Crippen molar-refractivity contribution in [1.82, 2.24) is 0 Å². The van der Waals surface area contributed by atoms with Crippen LogP contribution in [0.5, 0.6) is 0 Å². The molecular weight excluding hydrogens is 338 g/mol. The summed E-state index contributed by atoms with van der Waals surface area (Å²) < 4.78 is 25.8. The molecule has 2 aromatic rings. The lowest BCUT2D eigenvalue weighted by Crippen LogP contribution is -2.09. The summed E-state index contributed by atoms with van der Waals surface area (Å²) in [4.78, 5) is 0.182. The minimum Gasteiger partial charge on any atom is -0.398 e. The summed E-state index contributed by atoms with van der Waals surface area (Å²) in [6, 6.07) is 10.6. The Morgan fingerprint density at radius 3 is 2.45 bits per heavy atom. The summed E-state index contributed by atoms with van der Waals surface area (Å²) in [6.45, 7) is 3.86. The van der Waals surface area contributed by atoms with Gasteiger partial charge in [0.05, 0.1) is 16.3 Å². The van der Waals surface area contributed by atoms with E-state index in [1.54, 1.807) is 18.2 Å². The average molecular weight is 354 g/mol. The first-order valence-corrected chi connectivity index (χ1v) is 8.58. The number of nitrogens with two attached hydrogens (primary N) is 1. The van der Waals surface area contributed by atoms with Gasteiger partial charge in [0.2, 0.25) is 0 Å². The molecule has 2 N–H and O–H groups in total. The summed E-state index contributed by atoms with van der Waals surface area (Å²) in [6.07, 6.45) is 0. The standard InChI is InChI=1S/C15H16BrNO2S/c1-10-3-4-11(2)12(7-10)9-20(18,19)15-6-5-13(16)8-14(15)17/h3-8H,9,17H2,1-2H3. The second-order valence-corrected chi connectivity index (χ2v) is 7.74. The number of sulfone groups is 1. The average Bonchev–Trinajstić information content (AvgIpc) is 2.33. The highest BCUT2D eigenvalue weighted by Crippen LogP contribution is 2.26. The number of hydrogen-bond acceptors (Lipinski definition) is 3. The van der Waals surface area contributed by atoms with Gasteiger partial charge in [-0.15, -0.1) is 0 Å². The van der Waals surface area contributed by atoms with Crippen LogP contribution in [0.1, 0.15) is 16.7 Å². The van der Waals surface area contributed by atoms with Crippen LogP contribution in [0.4, 0.5) is 5.69 Å². The van der Waals surface area contributed by atoms with Crippen LogP contribution in [0.25, 0.3) is 0 Å². The first-order valence-electron chi connectivity index (χ1n) is 6.13. The second kappa shape index (κ2) is 5.58. The monoisotopic (exact) mass is 353 g/mol. The summed E-state index contributed by atoms with van der Waals surface area (Å²) >= 11 is 3.28. The molecule has 0 heterocycles. The van der Waals surface area contributed by atoms with Gasteiger partial charge in [-0.3, -0.25) is 0 Å². The lowest BCUT2D eigenvalue weighted by molar-refractivity contribution is 0.595. The van der Waals surface area contributed by atoms with Gasteiger partial charge in [-0.2, -0.15) is 0 Å². The molecule has 0 radical (unpaired) electrons. The summed E-state index contributed by atoms with van der Waals surface area (Å²) in [7, 11) is -3.45. The zero-order valence-electron chi connectivity index (χ0n) is 11.4. The molecule has 106 valence electrons. The van der Waals surface area contributed by atoms with E-state index in [-0.39, 0.29) is 16.3 Å². The fourth-order valence-corrected chi connectivity index (χ4v) is 3.99. The van der Waals surface area contributed by atoms with Crippen molar-refractivity contribution in [2.75, 3.05) is 5.73 Å². The Labute approximate surface area is 127 Å². The van der Waals surface area contributed by atoms with Gasteiger partial charge in [0.1, 0.15) is 0 Å². The van der Waals surface area contributed by atoms with E-state index in [4.69, 9.17) is 5.73 Å². The number of rotatable bonds is 3. The Hall–Kier alpha value is -1.33. The number of nitrogen functional groups attached to an aromatic ring is 1. The molecule has 0 saturated carbocycles. The molecule has 5 heteroatoms. The second-order valence-electron chi connectivity index (χ2n) is 4.87. The molecule has 0 spiro atoms. The molecule has 0 unspecified atom stereocenters. The smallest absolute Gasteiger partial charge is 0.184 e. The van der Waals surface area contributed by atoms with Crippen molar-refractivity contribution in [3.05, 3.63) is 57.6 Å². The Morgan fingerprint density at radius 2 is 1.80 bits per heavy atom. The van der Waals surface area contributed by atoms with E-state index in [1.807, 2.05) is 32.0 Å². The molecule has 0 aliphatic heterocycles. The number of aryl methyl sites for hydroxylation is 2. The van der Waals surface area contributed by atoms with Crippen molar-refractivity contribution < 1.29 is 8.42 Å². The van der Waals surface area contributed by atoms with Crippen molar-refractivity contribution in [3.63, 3.8) is 0 Å². The molecule has 0 saturated heterocycles. The normalized spacial score (nSPS) is 11.6. The quantitative estimate of drug-likeness (QED) is 0.857. The topological polar surface area (TPSA) is 60.2 Å². The van der Waals surface area contributed by atoms with Crippen LogP contribution >= 0.6 is 15.9 Å². The Balaban J connectivity index is 2.43. The fourth-order valence-electron chi connectivity index (χ4n) is 2.04. The lowest BCUT2D eigenvalue weighted by Gasteiger charge is -2.10. The Bertz CT molecular complexity index is 754. The van der Waals surface area contributed by atoms with E-state index in [0.29, 0.717) is 0 Å². The van der Waals surface area contributed by atoms with Gasteiger partial charge in [-0.1, -0.05) is 39.7 Å². The minimum absolute atomic E-state index is 0.0354. The molecule has 0 atom stereocenters. The molecule has 0 fully saturated rings. The van der Waals surface area contributed by atoms with Gasteiger partial charge in [0, 0.05) is 4.47 Å². The fraction of sp³-hybridized carbons (Fsp3) is 0.200. The van der Waals surface area contributed by atoms with Crippen molar-refractivity contribution >= 4 is 31.5 Å². The van der Waals surface area contributed by atoms with Crippen LogP contribution < -0.4 is 5.73 Å². The van der Waals surface area contributed by atoms with Crippen LogP contribution in [0, 0.1) is 13.8 Å². The van der Waals surface area contributed by atoms with Crippen molar-refractivity contribution in [3.8, 4) is 0 Å². The van der Waals surface area contributed by atoms with Gasteiger partial charge >= 0.3 is 0 Å². The first-order chi connectivity index (χ1) is 9.29. The van der Waals surface area contributed by atoms with E-state index >= 15 is 0 Å². The van der Waals surface area contributed by atoms with Gasteiger partial charge < -0.3 is 5.73 Å². The highest BCUT2D eigenvalue weighted by Gasteiger charge is 2.19. The molecule has 2 aromatic carbocycles. The third-order valence-electron chi connectivity index (χ3n) is 3.16. The number of halogens is 1. The molecular formula is C15H16BrNO2S. The molecule has 0 aromatic heterocycles. The predicted octanol–water partition coefficient (Wildman–Crippen LogP) is 3.62. The predicted molar refractivity (Wildman–Crippen MR) is 85.4 cm³/mol. The first kappa shape index (κ1) is 15.1. The highest BCUT2D eigenvalue weighted by atomic mass is 79.9. The maximum absolute atomic E-state index is 12.5. The summed E-state index contributed by atoms with van der Waals surface area (Å²) in [5.41, 5.74) is 8.91. The number of benzene rings is 2. The molecule has 20 heavy (non-hydrogen) atoms. The SMILES string of the molecule is Cc1ccc(C)c(CS(=O)(=O)c2ccc(Br)cc2N)c1. The molecule has 2 rings (SSSR count). The van der Waals surface area contributed by atoms with Gasteiger partial charge in [-0.05, 0) is 43.2 Å². The van der Waals surface area contributed by atoms with Crippen molar-refractivity contribution in [2.45, 2.75) is 24.5 Å². The zero-order valence-corrected chi connectivity index (χ0v) is 13.8. The van der Waals surface area contributed by atoms with E-state index in [2.05, 4.69) is 15.9 Å². The molecule has 0 aliphatic rings. The molecule has 3 nitrogen and oxygen atoms in total. The van der Waals surface area contributed by atoms with E-state index < -0.39 is 9.84 Å². The summed E-state index contributed by atoms with van der Waals surface area (Å²) in [5, 5.41) is 0. The maximum atomic E-state index is 12.5. The van der Waals surface area contributed by atoms with Gasteiger partial charge in [-0.25, -0.2) is 8.42 Å². The maximum Gasteiger partial charge on any atom is 0.184 e. The van der Waals surface area contributed by atoms with Crippen LogP contribution in [0.2, 0.25) is 0 Å². The van der Waals surface area contributed by atoms with Crippen molar-refractivity contribution in [2.24, 2.45) is 0 Å². The number of anilines is 1. The van der Waals surface area contributed by atoms with E-state index in [0.717, 1.165) is 21.2 Å². The van der Waals surface area contributed by atoms with Crippen LogP contribution in [-0.2, 0) is 15.6 Å². The third-order valence-corrected chi connectivity index (χ3v) is 5.38. The Kier molecular flexibility index (Phi) is 4.20. The van der Waals surface area contributed by atoms with Crippen molar-refractivity contribution in [1.29, 1.82) is 0 Å². The molecule has 0 amide bonds. The summed E-state index contributed by atoms with van der Waals surface area (Å²) in [5.74, 6) is -0.0354. The van der Waals surface area contributed by atoms with E-state index in [9.17, 15) is 8.42 Å². The number of hydrogen-bond donors (Lipinski definition) is 1. The Morgan fingerprint density at radius 1 is 1.10 bits per heavy atom. The van der Waals surface area contributed by atoms with Gasteiger partial charge in [0.25, 0.3) is 0 Å². The van der Waals surface area contributed by atoms with Crippen LogP contribution in [0.3, 0.4) is 0 Å². The third kappa shape index (κ3) is 3.22. The molecule has 0 bridgehead atoms. The van der Waals surface area contributed by atoms with Gasteiger partial charge in [0.15, 0.2) is 9.84 Å². The highest BCUT2D eigenvalue weighted by molar-refractivity contribution is 9.10. The largest absolute Gasteiger partial charge is 0.398 e. The lowest BCUT2D eigenvalue weighted by atomic mass is 10.1. The minimum atomic E-state index is -3.45. The molecule has 0 aliphatic carbocycles. The van der Waals surface area contributed by atoms with E-state index in [1.165, 1.54) is 0 Å².